The molecule has 0 aliphatic carbocycles. The highest BCUT2D eigenvalue weighted by molar-refractivity contribution is 9.08. The molecule has 0 aromatic heterocycles. The van der Waals surface area contributed by atoms with Gasteiger partial charge in [-0.15, -0.1) is 0 Å². The van der Waals surface area contributed by atoms with Crippen molar-refractivity contribution in [2.24, 2.45) is 0 Å². The lowest BCUT2D eigenvalue weighted by Gasteiger charge is -2.11. The van der Waals surface area contributed by atoms with E-state index in [4.69, 9.17) is 21.6 Å². The number of benzene rings is 2. The SMILES string of the molecule is N#CCc1ccc(Oc2cccc(Cl)c2CBr)cc1. The fourth-order valence-corrected chi connectivity index (χ4v) is 2.63. The lowest BCUT2D eigenvalue weighted by Crippen LogP contribution is -1.91. The molecule has 19 heavy (non-hydrogen) atoms. The maximum atomic E-state index is 8.62. The Morgan fingerprint density at radius 3 is 2.53 bits per heavy atom. The molecule has 0 atom stereocenters. The Kier molecular flexibility index (Phi) is 4.84. The Labute approximate surface area is 125 Å². The van der Waals surface area contributed by atoms with Crippen molar-refractivity contribution in [1.82, 2.24) is 0 Å². The van der Waals surface area contributed by atoms with E-state index in [0.29, 0.717) is 16.8 Å². The number of alkyl halides is 1. The number of nitrogens with zero attached hydrogens (tertiary/aromatic N) is 1. The number of hydrogen-bond acceptors (Lipinski definition) is 2. The summed E-state index contributed by atoms with van der Waals surface area (Å²) in [4.78, 5) is 0. The van der Waals surface area contributed by atoms with Gasteiger partial charge in [0.15, 0.2) is 0 Å². The summed E-state index contributed by atoms with van der Waals surface area (Å²) in [6.07, 6.45) is 0.407. The van der Waals surface area contributed by atoms with Crippen LogP contribution < -0.4 is 4.74 Å². The van der Waals surface area contributed by atoms with E-state index in [1.165, 1.54) is 0 Å². The number of rotatable bonds is 4. The van der Waals surface area contributed by atoms with Crippen molar-refractivity contribution in [3.05, 3.63) is 58.6 Å². The van der Waals surface area contributed by atoms with Gasteiger partial charge in [-0.3, -0.25) is 0 Å². The first-order chi connectivity index (χ1) is 9.24. The molecule has 0 radical (unpaired) electrons. The molecule has 0 amide bonds. The van der Waals surface area contributed by atoms with Gasteiger partial charge < -0.3 is 4.74 Å². The molecule has 0 fully saturated rings. The van der Waals surface area contributed by atoms with E-state index in [1.54, 1.807) is 0 Å². The van der Waals surface area contributed by atoms with Gasteiger partial charge in [-0.1, -0.05) is 45.7 Å². The number of halogens is 2. The monoisotopic (exact) mass is 335 g/mol. The maximum absolute atomic E-state index is 8.62. The predicted octanol–water partition coefficient (Wildman–Crippen LogP) is 5.09. The van der Waals surface area contributed by atoms with Gasteiger partial charge in [-0.2, -0.15) is 5.26 Å². The Bertz CT molecular complexity index is 605. The molecule has 0 heterocycles. The van der Waals surface area contributed by atoms with Crippen LogP contribution in [-0.4, -0.2) is 0 Å². The van der Waals surface area contributed by atoms with Crippen LogP contribution in [0.25, 0.3) is 0 Å². The smallest absolute Gasteiger partial charge is 0.132 e. The third kappa shape index (κ3) is 3.50. The van der Waals surface area contributed by atoms with Crippen LogP contribution in [0.15, 0.2) is 42.5 Å². The van der Waals surface area contributed by atoms with Crippen LogP contribution in [0.5, 0.6) is 11.5 Å². The van der Waals surface area contributed by atoms with Gasteiger partial charge in [0.2, 0.25) is 0 Å². The minimum absolute atomic E-state index is 0.407. The molecule has 0 bridgehead atoms. The van der Waals surface area contributed by atoms with E-state index in [0.717, 1.165) is 22.6 Å². The summed E-state index contributed by atoms with van der Waals surface area (Å²) in [5.74, 6) is 1.46. The second-order valence-electron chi connectivity index (χ2n) is 3.93. The van der Waals surface area contributed by atoms with Crippen molar-refractivity contribution in [1.29, 1.82) is 5.26 Å². The topological polar surface area (TPSA) is 33.0 Å². The van der Waals surface area contributed by atoms with Gasteiger partial charge in [0, 0.05) is 15.9 Å². The quantitative estimate of drug-likeness (QED) is 0.728. The Morgan fingerprint density at radius 1 is 1.16 bits per heavy atom. The van der Waals surface area contributed by atoms with Crippen LogP contribution in [-0.2, 0) is 11.8 Å². The molecule has 0 spiro atoms. The normalized spacial score (nSPS) is 9.95. The zero-order chi connectivity index (χ0) is 13.7. The number of hydrogen-bond donors (Lipinski definition) is 0. The summed E-state index contributed by atoms with van der Waals surface area (Å²) >= 11 is 9.52. The van der Waals surface area contributed by atoms with Gasteiger partial charge in [-0.05, 0) is 29.8 Å². The molecule has 2 nitrogen and oxygen atoms in total. The molecule has 0 aliphatic rings. The largest absolute Gasteiger partial charge is 0.457 e. The third-order valence-corrected chi connectivity index (χ3v) is 3.56. The molecule has 4 heteroatoms. The van der Waals surface area contributed by atoms with Gasteiger partial charge >= 0.3 is 0 Å². The fraction of sp³-hybridized carbons (Fsp3) is 0.133. The van der Waals surface area contributed by atoms with E-state index < -0.39 is 0 Å². The second-order valence-corrected chi connectivity index (χ2v) is 4.90. The van der Waals surface area contributed by atoms with Crippen molar-refractivity contribution in [2.45, 2.75) is 11.8 Å². The molecule has 2 aromatic carbocycles. The fourth-order valence-electron chi connectivity index (χ4n) is 1.66. The molecule has 0 N–H and O–H groups in total. The predicted molar refractivity (Wildman–Crippen MR) is 79.9 cm³/mol. The standard InChI is InChI=1S/C15H11BrClNO/c16-10-13-14(17)2-1-3-15(13)19-12-6-4-11(5-7-12)8-9-18/h1-7H,8,10H2. The van der Waals surface area contributed by atoms with Crippen molar-refractivity contribution in [3.63, 3.8) is 0 Å². The molecular weight excluding hydrogens is 326 g/mol. The van der Waals surface area contributed by atoms with Crippen LogP contribution in [0.4, 0.5) is 0 Å². The summed E-state index contributed by atoms with van der Waals surface area (Å²) in [5.41, 5.74) is 1.90. The van der Waals surface area contributed by atoms with Crippen LogP contribution in [0, 0.1) is 11.3 Å². The highest BCUT2D eigenvalue weighted by Crippen LogP contribution is 2.32. The molecule has 0 unspecified atom stereocenters. The first-order valence-electron chi connectivity index (χ1n) is 5.71. The number of nitriles is 1. The van der Waals surface area contributed by atoms with Gasteiger partial charge in [0.1, 0.15) is 11.5 Å². The van der Waals surface area contributed by atoms with Gasteiger partial charge in [0.05, 0.1) is 12.5 Å². The van der Waals surface area contributed by atoms with Crippen LogP contribution in [0.2, 0.25) is 5.02 Å². The van der Waals surface area contributed by atoms with E-state index in [1.807, 2.05) is 42.5 Å². The van der Waals surface area contributed by atoms with Crippen LogP contribution in [0.3, 0.4) is 0 Å². The van der Waals surface area contributed by atoms with E-state index in [2.05, 4.69) is 22.0 Å². The zero-order valence-electron chi connectivity index (χ0n) is 10.1. The first kappa shape index (κ1) is 13.9. The lowest BCUT2D eigenvalue weighted by atomic mass is 10.1. The average molecular weight is 337 g/mol. The lowest BCUT2D eigenvalue weighted by molar-refractivity contribution is 0.478. The summed E-state index contributed by atoms with van der Waals surface area (Å²) in [6.45, 7) is 0. The summed E-state index contributed by atoms with van der Waals surface area (Å²) < 4.78 is 5.82. The van der Waals surface area contributed by atoms with E-state index >= 15 is 0 Å². The van der Waals surface area contributed by atoms with Crippen molar-refractivity contribution in [3.8, 4) is 17.6 Å². The van der Waals surface area contributed by atoms with Gasteiger partial charge in [-0.25, -0.2) is 0 Å². The summed E-state index contributed by atoms with van der Waals surface area (Å²) in [7, 11) is 0. The first-order valence-corrected chi connectivity index (χ1v) is 7.21. The third-order valence-electron chi connectivity index (χ3n) is 2.64. The summed E-state index contributed by atoms with van der Waals surface area (Å²) in [6, 6.07) is 15.2. The minimum atomic E-state index is 0.407. The van der Waals surface area contributed by atoms with Crippen molar-refractivity contribution >= 4 is 27.5 Å². The highest BCUT2D eigenvalue weighted by atomic mass is 79.9. The molecule has 0 saturated heterocycles. The van der Waals surface area contributed by atoms with Crippen molar-refractivity contribution in [2.75, 3.05) is 0 Å². The Balaban J connectivity index is 2.22. The van der Waals surface area contributed by atoms with E-state index in [-0.39, 0.29) is 0 Å². The Hall–Kier alpha value is -1.50. The van der Waals surface area contributed by atoms with Crippen LogP contribution >= 0.6 is 27.5 Å². The molecular formula is C15H11BrClNO. The average Bonchev–Trinajstić information content (AvgIpc) is 2.42. The zero-order valence-corrected chi connectivity index (χ0v) is 12.4. The van der Waals surface area contributed by atoms with Crippen LogP contribution in [0.1, 0.15) is 11.1 Å². The van der Waals surface area contributed by atoms with Crippen molar-refractivity contribution < 1.29 is 4.74 Å². The molecule has 0 aliphatic heterocycles. The van der Waals surface area contributed by atoms with Gasteiger partial charge in [0.25, 0.3) is 0 Å². The highest BCUT2D eigenvalue weighted by Gasteiger charge is 2.07. The number of ether oxygens (including phenoxy) is 1. The maximum Gasteiger partial charge on any atom is 0.132 e. The molecule has 0 saturated carbocycles. The van der Waals surface area contributed by atoms with E-state index in [9.17, 15) is 0 Å². The molecule has 96 valence electrons. The minimum Gasteiger partial charge on any atom is -0.457 e. The summed E-state index contributed by atoms with van der Waals surface area (Å²) in [5, 5.41) is 9.93. The second kappa shape index (κ2) is 6.60. The Morgan fingerprint density at radius 2 is 1.89 bits per heavy atom. The molecule has 2 aromatic rings. The molecule has 2 rings (SSSR count).